The van der Waals surface area contributed by atoms with E-state index in [1.807, 2.05) is 73.1 Å². The van der Waals surface area contributed by atoms with Gasteiger partial charge in [-0.05, 0) is 47.9 Å². The van der Waals surface area contributed by atoms with Crippen LogP contribution in [0.3, 0.4) is 0 Å². The Kier molecular flexibility index (Phi) is 7.88. The van der Waals surface area contributed by atoms with Gasteiger partial charge < -0.3 is 9.97 Å². The van der Waals surface area contributed by atoms with Crippen LogP contribution < -0.4 is 0 Å². The molecule has 0 aliphatic heterocycles. The minimum absolute atomic E-state index is 0. The summed E-state index contributed by atoms with van der Waals surface area (Å²) in [6.45, 7) is 0.0617. The first-order chi connectivity index (χ1) is 17.5. The Balaban J connectivity index is 0.000000205. The van der Waals surface area contributed by atoms with Crippen LogP contribution in [0.5, 0.6) is 0 Å². The summed E-state index contributed by atoms with van der Waals surface area (Å²) in [6.07, 6.45) is 6.07. The first kappa shape index (κ1) is 21.1. The smallest absolute Gasteiger partial charge is 0.0719 e. The second-order valence-corrected chi connectivity index (χ2v) is 7.28. The fraction of sp³-hybridized carbons (Fsp3) is 0.100. The van der Waals surface area contributed by atoms with E-state index in [0.29, 0.717) is 0 Å². The van der Waals surface area contributed by atoms with E-state index in [-0.39, 0.29) is 25.7 Å². The Morgan fingerprint density at radius 1 is 0.735 bits per heavy atom. The summed E-state index contributed by atoms with van der Waals surface area (Å²) in [4.78, 5) is 13.1. The number of nitrogens with zero attached hydrogens (tertiary/aromatic N) is 3. The zero-order chi connectivity index (χ0) is 25.4. The summed E-state index contributed by atoms with van der Waals surface area (Å²) >= 11 is 0. The third kappa shape index (κ3) is 6.54. The van der Waals surface area contributed by atoms with Crippen LogP contribution in [0.2, 0.25) is 0 Å². The number of rotatable bonds is 4. The molecule has 171 valence electrons. The van der Waals surface area contributed by atoms with E-state index in [2.05, 4.69) is 40.1 Å². The molecule has 4 heteroatoms. The van der Waals surface area contributed by atoms with E-state index in [1.54, 1.807) is 18.2 Å². The fourth-order valence-corrected chi connectivity index (χ4v) is 3.35. The Morgan fingerprint density at radius 3 is 2.00 bits per heavy atom. The van der Waals surface area contributed by atoms with Crippen LogP contribution in [-0.4, -0.2) is 15.0 Å². The summed E-state index contributed by atoms with van der Waals surface area (Å²) in [7, 11) is 0. The fourth-order valence-electron chi connectivity index (χ4n) is 3.35. The van der Waals surface area contributed by atoms with Gasteiger partial charge in [0.2, 0.25) is 0 Å². The van der Waals surface area contributed by atoms with Gasteiger partial charge >= 0.3 is 0 Å². The van der Waals surface area contributed by atoms with Crippen LogP contribution in [0.25, 0.3) is 33.8 Å². The van der Waals surface area contributed by atoms with Crippen LogP contribution in [-0.2, 0) is 26.5 Å². The van der Waals surface area contributed by atoms with E-state index in [9.17, 15) is 0 Å². The maximum atomic E-state index is 7.23. The van der Waals surface area contributed by atoms with Crippen molar-refractivity contribution in [2.45, 2.75) is 20.2 Å². The molecule has 1 radical (unpaired) electrons. The van der Waals surface area contributed by atoms with E-state index >= 15 is 0 Å². The van der Waals surface area contributed by atoms with Crippen molar-refractivity contribution in [2.75, 3.05) is 0 Å². The summed E-state index contributed by atoms with van der Waals surface area (Å²) in [5.41, 5.74) is 7.16. The molecule has 0 amide bonds. The minimum atomic E-state index is -2.09. The van der Waals surface area contributed by atoms with Crippen LogP contribution in [0.4, 0.5) is 0 Å². The van der Waals surface area contributed by atoms with E-state index in [1.165, 1.54) is 11.8 Å². The number of hydrogen-bond donors (Lipinski definition) is 0. The number of benzene rings is 2. The molecule has 0 atom stereocenters. The molecule has 3 nitrogen and oxygen atoms in total. The van der Waals surface area contributed by atoms with Crippen molar-refractivity contribution in [3.8, 4) is 33.8 Å². The molecule has 0 bridgehead atoms. The van der Waals surface area contributed by atoms with E-state index < -0.39 is 6.85 Å². The molecule has 0 fully saturated rings. The van der Waals surface area contributed by atoms with Gasteiger partial charge in [-0.2, -0.15) is 0 Å². The second kappa shape index (κ2) is 12.7. The van der Waals surface area contributed by atoms with Gasteiger partial charge in [-0.3, -0.25) is 4.98 Å². The first-order valence-electron chi connectivity index (χ1n) is 12.3. The van der Waals surface area contributed by atoms with E-state index in [4.69, 9.17) is 4.11 Å². The Bertz CT molecular complexity index is 1380. The van der Waals surface area contributed by atoms with Gasteiger partial charge in [0.25, 0.3) is 0 Å². The first-order valence-corrected chi connectivity index (χ1v) is 10.8. The summed E-state index contributed by atoms with van der Waals surface area (Å²) in [5, 5.41) is 0. The van der Waals surface area contributed by atoms with Crippen LogP contribution in [0.15, 0.2) is 104 Å². The van der Waals surface area contributed by atoms with Crippen molar-refractivity contribution in [1.82, 2.24) is 15.0 Å². The third-order valence-corrected chi connectivity index (χ3v) is 5.04. The van der Waals surface area contributed by atoms with Crippen molar-refractivity contribution in [3.63, 3.8) is 0 Å². The summed E-state index contributed by atoms with van der Waals surface area (Å²) in [6, 6.07) is 33.0. The number of aromatic nitrogens is 3. The predicted octanol–water partition coefficient (Wildman–Crippen LogP) is 7.03. The molecule has 5 rings (SSSR count). The van der Waals surface area contributed by atoms with Crippen molar-refractivity contribution in [3.05, 3.63) is 127 Å². The molecule has 0 N–H and O–H groups in total. The standard InChI is InChI=1S/C18H15N2.C12H10N.Ir/c1-2-14-12-18(15-8-4-3-5-9-15)20-13-16(14)17-10-6-7-11-19-17;1-10-7-8-12(13-9-10)11-5-3-2-4-6-11;/h3-8,10-13H,2H2,1H3;2-5,7-9H,1H3;/q2*-1;/i;1D3;. The number of pyridine rings is 3. The second-order valence-electron chi connectivity index (χ2n) is 7.28. The Morgan fingerprint density at radius 2 is 1.44 bits per heavy atom. The van der Waals surface area contributed by atoms with Crippen LogP contribution >= 0.6 is 0 Å². The van der Waals surface area contributed by atoms with Crippen LogP contribution in [0.1, 0.15) is 22.2 Å². The van der Waals surface area contributed by atoms with Crippen molar-refractivity contribution < 1.29 is 24.2 Å². The summed E-state index contributed by atoms with van der Waals surface area (Å²) in [5.74, 6) is 0. The molecule has 2 aromatic carbocycles. The van der Waals surface area contributed by atoms with Gasteiger partial charge in [0.05, 0.1) is 5.69 Å². The Hall–Kier alpha value is -3.46. The average Bonchev–Trinajstić information content (AvgIpc) is 2.94. The molecule has 0 saturated carbocycles. The zero-order valence-corrected chi connectivity index (χ0v) is 21.1. The summed E-state index contributed by atoms with van der Waals surface area (Å²) < 4.78 is 21.7. The molecule has 0 spiro atoms. The quantitative estimate of drug-likeness (QED) is 0.202. The monoisotopic (exact) mass is 623 g/mol. The van der Waals surface area contributed by atoms with Gasteiger partial charge in [0.1, 0.15) is 0 Å². The molecule has 0 aliphatic rings. The van der Waals surface area contributed by atoms with Gasteiger partial charge in [-0.25, -0.2) is 0 Å². The predicted molar refractivity (Wildman–Crippen MR) is 134 cm³/mol. The molecule has 0 aliphatic carbocycles. The topological polar surface area (TPSA) is 38.7 Å². The van der Waals surface area contributed by atoms with Crippen molar-refractivity contribution >= 4 is 0 Å². The molecular formula is C30H25IrN3-2. The van der Waals surface area contributed by atoms with Gasteiger partial charge in [0.15, 0.2) is 0 Å². The number of hydrogen-bond acceptors (Lipinski definition) is 3. The molecule has 3 aromatic heterocycles. The molecule has 5 aromatic rings. The minimum Gasteiger partial charge on any atom is -0.304 e. The maximum absolute atomic E-state index is 7.23. The molecule has 0 unspecified atom stereocenters. The van der Waals surface area contributed by atoms with Gasteiger partial charge in [-0.1, -0.05) is 31.2 Å². The zero-order valence-electron chi connectivity index (χ0n) is 21.7. The van der Waals surface area contributed by atoms with E-state index in [0.717, 1.165) is 40.2 Å². The van der Waals surface area contributed by atoms with Gasteiger partial charge in [0, 0.05) is 48.4 Å². The maximum Gasteiger partial charge on any atom is 0.0719 e. The normalized spacial score (nSPS) is 11.6. The molecule has 3 heterocycles. The molecule has 0 saturated heterocycles. The third-order valence-electron chi connectivity index (χ3n) is 5.04. The van der Waals surface area contributed by atoms with Crippen molar-refractivity contribution in [1.29, 1.82) is 0 Å². The molecular weight excluding hydrogens is 595 g/mol. The van der Waals surface area contributed by atoms with Crippen LogP contribution in [0, 0.1) is 19.0 Å². The molecule has 34 heavy (non-hydrogen) atoms. The van der Waals surface area contributed by atoms with Gasteiger partial charge in [-0.15, -0.1) is 71.8 Å². The SMILES string of the molecule is CCc1cc(-c2[c-]cccc2)ncc1-c1ccccn1.[2H]C([2H])([2H])c1ccc(-c2[c-]cccc2)nc1.[Ir]. The number of aryl methyl sites for hydroxylation is 2. The largest absolute Gasteiger partial charge is 0.304 e. The Labute approximate surface area is 219 Å². The van der Waals surface area contributed by atoms with Crippen molar-refractivity contribution in [2.24, 2.45) is 0 Å². The average molecular weight is 623 g/mol.